The lowest BCUT2D eigenvalue weighted by atomic mass is 10.1. The summed E-state index contributed by atoms with van der Waals surface area (Å²) in [5.74, 6) is 1.40. The van der Waals surface area contributed by atoms with Gasteiger partial charge in [0, 0.05) is 16.1 Å². The molecule has 1 unspecified atom stereocenters. The summed E-state index contributed by atoms with van der Waals surface area (Å²) in [5.41, 5.74) is 0. The molecule has 1 heterocycles. The minimum Gasteiger partial charge on any atom is -0.287 e. The third-order valence-corrected chi connectivity index (χ3v) is 2.83. The van der Waals surface area contributed by atoms with Crippen molar-refractivity contribution in [2.45, 2.75) is 6.42 Å². The monoisotopic (exact) mass is 241 g/mol. The van der Waals surface area contributed by atoms with Crippen molar-refractivity contribution in [3.63, 3.8) is 0 Å². The molecule has 1 atom stereocenters. The van der Waals surface area contributed by atoms with Gasteiger partial charge in [-0.15, -0.1) is 0 Å². The van der Waals surface area contributed by atoms with Crippen LogP contribution in [0.1, 0.15) is 6.42 Å². The Hall–Kier alpha value is 0.750. The van der Waals surface area contributed by atoms with Gasteiger partial charge in [-0.1, -0.05) is 34.4 Å². The van der Waals surface area contributed by atoms with Crippen molar-refractivity contribution in [2.24, 2.45) is 5.92 Å². The molecule has 0 amide bonds. The SMILES string of the molecule is O=C1SCC1C[CH]I. The second-order valence-electron chi connectivity index (χ2n) is 1.72. The lowest BCUT2D eigenvalue weighted by Crippen LogP contribution is -2.24. The molecule has 1 nitrogen and oxygen atoms in total. The Morgan fingerprint density at radius 3 is 2.88 bits per heavy atom. The summed E-state index contributed by atoms with van der Waals surface area (Å²) in [6, 6.07) is 0. The highest BCUT2D eigenvalue weighted by molar-refractivity contribution is 14.1. The van der Waals surface area contributed by atoms with Gasteiger partial charge in [-0.25, -0.2) is 0 Å². The van der Waals surface area contributed by atoms with E-state index in [1.54, 1.807) is 0 Å². The van der Waals surface area contributed by atoms with Crippen LogP contribution in [0, 0.1) is 10.3 Å². The predicted molar refractivity (Wildman–Crippen MR) is 43.9 cm³/mol. The molecule has 0 aromatic carbocycles. The first kappa shape index (κ1) is 6.86. The van der Waals surface area contributed by atoms with Crippen LogP contribution < -0.4 is 0 Å². The van der Waals surface area contributed by atoms with Crippen LogP contribution >= 0.6 is 34.4 Å². The van der Waals surface area contributed by atoms with Crippen LogP contribution in [-0.4, -0.2) is 10.9 Å². The molecule has 0 bridgehead atoms. The van der Waals surface area contributed by atoms with Gasteiger partial charge in [0.05, 0.1) is 0 Å². The van der Waals surface area contributed by atoms with Gasteiger partial charge in [0.2, 0.25) is 0 Å². The van der Waals surface area contributed by atoms with Crippen LogP contribution in [0.25, 0.3) is 0 Å². The van der Waals surface area contributed by atoms with Crippen molar-refractivity contribution in [3.8, 4) is 0 Å². The van der Waals surface area contributed by atoms with E-state index in [1.165, 1.54) is 11.8 Å². The van der Waals surface area contributed by atoms with Gasteiger partial charge in [-0.3, -0.25) is 4.79 Å². The highest BCUT2D eigenvalue weighted by Gasteiger charge is 2.27. The molecular formula is C5H6IOS. The molecule has 0 N–H and O–H groups in total. The Kier molecular flexibility index (Phi) is 2.62. The summed E-state index contributed by atoms with van der Waals surface area (Å²) in [5, 5.41) is 0.373. The maximum atomic E-state index is 10.6. The van der Waals surface area contributed by atoms with Crippen molar-refractivity contribution in [3.05, 3.63) is 4.43 Å². The van der Waals surface area contributed by atoms with Crippen molar-refractivity contribution >= 4 is 39.5 Å². The second kappa shape index (κ2) is 3.06. The normalized spacial score (nSPS) is 27.6. The average Bonchev–Trinajstić information content (AvgIpc) is 1.79. The molecule has 0 aromatic rings. The maximum Gasteiger partial charge on any atom is 0.192 e. The zero-order valence-corrected chi connectivity index (χ0v) is 7.24. The summed E-state index contributed by atoms with van der Waals surface area (Å²) in [6.45, 7) is 0. The predicted octanol–water partition coefficient (Wildman–Crippen LogP) is 1.86. The third-order valence-electron chi connectivity index (χ3n) is 1.13. The third kappa shape index (κ3) is 1.37. The maximum absolute atomic E-state index is 10.6. The Labute approximate surface area is 66.7 Å². The number of halogens is 1. The fraction of sp³-hybridized carbons (Fsp3) is 0.600. The van der Waals surface area contributed by atoms with Crippen LogP contribution in [-0.2, 0) is 4.79 Å². The highest BCUT2D eigenvalue weighted by Crippen LogP contribution is 2.30. The molecule has 1 rings (SSSR count). The van der Waals surface area contributed by atoms with E-state index in [0.29, 0.717) is 11.0 Å². The minimum atomic E-state index is 0.358. The zero-order chi connectivity index (χ0) is 5.98. The molecule has 1 aliphatic rings. The van der Waals surface area contributed by atoms with E-state index in [0.717, 1.165) is 12.2 Å². The molecular weight excluding hydrogens is 235 g/mol. The van der Waals surface area contributed by atoms with Gasteiger partial charge in [-0.2, -0.15) is 0 Å². The number of hydrogen-bond acceptors (Lipinski definition) is 2. The molecule has 1 saturated heterocycles. The van der Waals surface area contributed by atoms with Gasteiger partial charge in [0.15, 0.2) is 5.12 Å². The van der Waals surface area contributed by atoms with E-state index in [-0.39, 0.29) is 0 Å². The van der Waals surface area contributed by atoms with E-state index >= 15 is 0 Å². The van der Waals surface area contributed by atoms with Crippen molar-refractivity contribution in [1.82, 2.24) is 0 Å². The number of rotatable bonds is 2. The Morgan fingerprint density at radius 1 is 2.00 bits per heavy atom. The average molecular weight is 241 g/mol. The number of carbonyl (C=O) groups excluding carboxylic acids is 1. The van der Waals surface area contributed by atoms with Crippen molar-refractivity contribution in [1.29, 1.82) is 0 Å². The lowest BCUT2D eigenvalue weighted by molar-refractivity contribution is -0.115. The first-order valence-corrected chi connectivity index (χ1v) is 4.66. The van der Waals surface area contributed by atoms with Gasteiger partial charge < -0.3 is 0 Å². The fourth-order valence-electron chi connectivity index (χ4n) is 0.541. The largest absolute Gasteiger partial charge is 0.287 e. The van der Waals surface area contributed by atoms with E-state index in [9.17, 15) is 4.79 Å². The van der Waals surface area contributed by atoms with Gasteiger partial charge in [0.1, 0.15) is 0 Å². The summed E-state index contributed by atoms with van der Waals surface area (Å²) in [6.07, 6.45) is 0.965. The van der Waals surface area contributed by atoms with Gasteiger partial charge in [-0.05, 0) is 6.42 Å². The van der Waals surface area contributed by atoms with Crippen LogP contribution in [0.15, 0.2) is 0 Å². The van der Waals surface area contributed by atoms with E-state index < -0.39 is 0 Å². The van der Waals surface area contributed by atoms with E-state index in [1.807, 2.05) is 4.43 Å². The summed E-state index contributed by atoms with van der Waals surface area (Å²) in [4.78, 5) is 10.6. The lowest BCUT2D eigenvalue weighted by Gasteiger charge is -2.20. The smallest absolute Gasteiger partial charge is 0.192 e. The first-order chi connectivity index (χ1) is 3.84. The molecule has 8 heavy (non-hydrogen) atoms. The molecule has 1 aliphatic heterocycles. The minimum absolute atomic E-state index is 0.358. The standard InChI is InChI=1S/C5H6IOS/c6-2-1-4-3-8-5(4)7/h2,4H,1,3H2. The first-order valence-electron chi connectivity index (χ1n) is 2.43. The van der Waals surface area contributed by atoms with Crippen LogP contribution in [0.4, 0.5) is 0 Å². The summed E-state index contributed by atoms with van der Waals surface area (Å²) >= 11 is 3.63. The van der Waals surface area contributed by atoms with E-state index in [4.69, 9.17) is 0 Å². The second-order valence-corrected chi connectivity index (χ2v) is 3.62. The molecule has 0 aromatic heterocycles. The van der Waals surface area contributed by atoms with Gasteiger partial charge >= 0.3 is 0 Å². The quantitative estimate of drug-likeness (QED) is 0.686. The molecule has 0 spiro atoms. The highest BCUT2D eigenvalue weighted by atomic mass is 127. The summed E-state index contributed by atoms with van der Waals surface area (Å²) in [7, 11) is 0. The Morgan fingerprint density at radius 2 is 2.75 bits per heavy atom. The van der Waals surface area contributed by atoms with Crippen LogP contribution in [0.5, 0.6) is 0 Å². The van der Waals surface area contributed by atoms with Crippen LogP contribution in [0.2, 0.25) is 0 Å². The number of carbonyl (C=O) groups is 1. The topological polar surface area (TPSA) is 17.1 Å². The zero-order valence-electron chi connectivity index (χ0n) is 4.26. The molecule has 1 fully saturated rings. The number of hydrogen-bond donors (Lipinski definition) is 0. The molecule has 45 valence electrons. The molecule has 0 saturated carbocycles. The molecule has 1 radical (unpaired) electrons. The van der Waals surface area contributed by atoms with E-state index in [2.05, 4.69) is 22.6 Å². The molecule has 0 aliphatic carbocycles. The number of thioether (sulfide) groups is 1. The van der Waals surface area contributed by atoms with Gasteiger partial charge in [0.25, 0.3) is 0 Å². The fourth-order valence-corrected chi connectivity index (χ4v) is 1.93. The van der Waals surface area contributed by atoms with Crippen molar-refractivity contribution < 1.29 is 4.79 Å². The van der Waals surface area contributed by atoms with Crippen LogP contribution in [0.3, 0.4) is 0 Å². The molecule has 3 heteroatoms. The Bertz CT molecular complexity index is 105. The summed E-state index contributed by atoms with van der Waals surface area (Å²) < 4.78 is 2.03. The van der Waals surface area contributed by atoms with Crippen molar-refractivity contribution in [2.75, 3.05) is 5.75 Å². The Balaban J connectivity index is 2.17.